The number of phenols is 3. The highest BCUT2D eigenvalue weighted by Crippen LogP contribution is 2.31. The molecule has 8 aromatic carbocycles. The van der Waals surface area contributed by atoms with Crippen molar-refractivity contribution in [2.75, 3.05) is 59.0 Å². The van der Waals surface area contributed by atoms with E-state index in [0.29, 0.717) is 56.1 Å². The highest BCUT2D eigenvalue weighted by Gasteiger charge is 2.14. The highest BCUT2D eigenvalue weighted by atomic mass is 16.5. The molecule has 8 heterocycles. The molecule has 0 saturated heterocycles. The van der Waals surface area contributed by atoms with Crippen molar-refractivity contribution in [2.45, 2.75) is 210 Å². The molecule has 696 valence electrons. The molecule has 8 aromatic heterocycles. The van der Waals surface area contributed by atoms with Crippen molar-refractivity contribution in [1.29, 1.82) is 0 Å². The van der Waals surface area contributed by atoms with Crippen LogP contribution in [0, 0.1) is 6.57 Å². The lowest BCUT2D eigenvalue weighted by Crippen LogP contribution is -2.24. The summed E-state index contributed by atoms with van der Waals surface area (Å²) in [5, 5.41) is 50.3. The maximum absolute atomic E-state index is 11.6. The Morgan fingerprint density at radius 3 is 0.992 bits per heavy atom. The number of fused-ring (bicyclic) bond motifs is 8. The average Bonchev–Trinajstić information content (AvgIpc) is 1.65. The fourth-order valence-electron chi connectivity index (χ4n) is 15.6. The minimum Gasteiger partial charge on any atom is -0.508 e. The summed E-state index contributed by atoms with van der Waals surface area (Å²) < 4.78 is 16.7. The molecule has 0 aliphatic rings. The van der Waals surface area contributed by atoms with Gasteiger partial charge in [0.2, 0.25) is 18.4 Å². The van der Waals surface area contributed by atoms with Crippen LogP contribution in [-0.2, 0) is 65.8 Å². The lowest BCUT2D eigenvalue weighted by atomic mass is 10.1. The van der Waals surface area contributed by atoms with Crippen LogP contribution in [0.1, 0.15) is 204 Å². The van der Waals surface area contributed by atoms with Crippen LogP contribution in [0.15, 0.2) is 207 Å². The van der Waals surface area contributed by atoms with Crippen LogP contribution in [0.25, 0.3) is 92.1 Å². The highest BCUT2D eigenvalue weighted by molar-refractivity contribution is 5.90. The quantitative estimate of drug-likeness (QED) is 0.00746. The third kappa shape index (κ3) is 32.5. The lowest BCUT2D eigenvalue weighted by molar-refractivity contribution is -0.134. The molecule has 0 fully saturated rings. The molecule has 0 unspecified atom stereocenters. The number of aromatic hydroxyl groups is 3. The summed E-state index contributed by atoms with van der Waals surface area (Å²) in [6.07, 6.45) is 37.9. The molecule has 22 heteroatoms. The molecule has 0 spiro atoms. The smallest absolute Gasteiger partial charge is 0.311 e. The largest absolute Gasteiger partial charge is 0.508 e. The van der Waals surface area contributed by atoms with Gasteiger partial charge in [-0.05, 0) is 289 Å². The Kier molecular flexibility index (Phi) is 43.7. The Labute approximate surface area is 772 Å². The number of unbranched alkanes of at least 4 members (excludes halogenated alkanes) is 3. The number of amides is 2. The molecule has 0 saturated carbocycles. The van der Waals surface area contributed by atoms with E-state index in [9.17, 15) is 29.7 Å². The van der Waals surface area contributed by atoms with Crippen molar-refractivity contribution in [3.8, 4) is 34.5 Å². The summed E-state index contributed by atoms with van der Waals surface area (Å²) >= 11 is 0. The molecule has 15 N–H and O–H groups in total. The molecule has 2 amide bonds. The number of hydrogen-bond acceptors (Lipinski definition) is 11. The molecule has 16 rings (SSSR count). The number of para-hydroxylation sites is 2. The summed E-state index contributed by atoms with van der Waals surface area (Å²) in [6, 6.07) is 51.1. The van der Waals surface area contributed by atoms with Gasteiger partial charge < -0.3 is 95.5 Å². The van der Waals surface area contributed by atoms with E-state index in [0.717, 1.165) is 202 Å². The van der Waals surface area contributed by atoms with Crippen LogP contribution < -0.4 is 35.5 Å². The maximum Gasteiger partial charge on any atom is 0.311 e. The first-order valence-corrected chi connectivity index (χ1v) is 47.5. The summed E-state index contributed by atoms with van der Waals surface area (Å²) in [5.41, 5.74) is 19.4. The molecular weight excluding hydrogens is 1640 g/mol. The average molecular weight is 1780 g/mol. The van der Waals surface area contributed by atoms with Gasteiger partial charge in [-0.15, -0.1) is 0 Å². The van der Waals surface area contributed by atoms with Gasteiger partial charge in [-0.25, -0.2) is 6.57 Å². The Hall–Kier alpha value is -13.1. The van der Waals surface area contributed by atoms with Gasteiger partial charge in [-0.2, -0.15) is 0 Å². The molecule has 22 nitrogen and oxygen atoms in total. The number of hydrogen-bond donors (Lipinski definition) is 15. The number of H-pyrrole nitrogens is 8. The summed E-state index contributed by atoms with van der Waals surface area (Å²) in [6.45, 7) is 35.0. The van der Waals surface area contributed by atoms with Crippen molar-refractivity contribution in [1.82, 2.24) is 61.1 Å². The predicted molar refractivity (Wildman–Crippen MR) is 542 cm³/mol. The summed E-state index contributed by atoms with van der Waals surface area (Å²) in [4.78, 5) is 63.2. The Morgan fingerprint density at radius 2 is 0.634 bits per heavy atom. The Balaban J connectivity index is 0.000000170. The monoisotopic (exact) mass is 1780 g/mol. The van der Waals surface area contributed by atoms with Gasteiger partial charge in [0.05, 0.1) is 13.2 Å². The van der Waals surface area contributed by atoms with Crippen LogP contribution in [0.2, 0.25) is 0 Å². The van der Waals surface area contributed by atoms with Gasteiger partial charge in [0.1, 0.15) is 34.5 Å². The molecule has 0 bridgehead atoms. The molecule has 0 radical (unpaired) electrons. The number of esters is 1. The number of rotatable bonds is 38. The summed E-state index contributed by atoms with van der Waals surface area (Å²) in [7, 11) is 0. The normalized spacial score (nSPS) is 10.8. The SMILES string of the molecule is CCC(=O)NCCc1c[nH]c2ccc(O)cc12.CCCC(=O)Oc1ccc2[nH]cc(CCNC(=O)CC)c2c1.CCCNCCc1c[nH]c2ccc(O)cc12.CCCNCCc1c[nH]c2ccccc12.CCCc1c[nH]c2ccc(O)cc12.CCCc1c[nH]c2ccc(OCC)cc12.CCCc1c[nH]c2ccccc12.[C-]#[N+]CCCCCCOc1ccc2[nH]cc(CCC)c2c1. The zero-order valence-electron chi connectivity index (χ0n) is 78.8. The van der Waals surface area contributed by atoms with Crippen molar-refractivity contribution in [3.63, 3.8) is 0 Å². The number of carbonyl (C=O) groups is 3. The molecule has 0 aliphatic heterocycles. The predicted octanol–water partition coefficient (Wildman–Crippen LogP) is 24.5. The van der Waals surface area contributed by atoms with Gasteiger partial charge in [0.25, 0.3) is 0 Å². The Bertz CT molecular complexity index is 6100. The zero-order chi connectivity index (χ0) is 93.3. The van der Waals surface area contributed by atoms with E-state index in [-0.39, 0.29) is 23.5 Å². The third-order valence-electron chi connectivity index (χ3n) is 22.4. The van der Waals surface area contributed by atoms with Gasteiger partial charge in [-0.3, -0.25) is 14.4 Å². The number of aryl methyl sites for hydroxylation is 4. The zero-order valence-corrected chi connectivity index (χ0v) is 78.8. The lowest BCUT2D eigenvalue weighted by Gasteiger charge is -2.06. The fourth-order valence-corrected chi connectivity index (χ4v) is 15.6. The molecular formula is C109H141N13O9. The molecule has 0 aliphatic carbocycles. The van der Waals surface area contributed by atoms with Gasteiger partial charge in [0.15, 0.2) is 0 Å². The molecule has 0 atom stereocenters. The second-order valence-electron chi connectivity index (χ2n) is 32.6. The Morgan fingerprint density at radius 1 is 0.321 bits per heavy atom. The standard InChI is InChI=1S/C18H24N2O.C17H22N2O3.C13H16N2O2.C13H18N2O.C13H18N2.C13H17NO.C11H13NO.C11H13N/c1-3-8-15-14-20-18-10-9-16(13-17(15)18)21-12-7-5-4-6-11-19-2;1-3-5-17(21)22-13-6-7-15-14(10-13)12(11-19-15)8-9-18-16(20)4-2;1-2-13(17)14-6-5-9-8-15-12-4-3-10(16)7-11(9)12;1-2-6-14-7-5-10-9-15-13-4-3-11(16)8-12(10)13;1-2-8-14-9-7-11-10-15-13-6-4-3-5-12(11)13;1-3-5-10-9-14-13-7-6-11(15-4-2)8-12(10)13;1-2-3-8-7-12-11-5-4-9(13)6-10(8)11;1-2-5-9-8-12-11-7-4-3-6-10(9)11/h9-10,13-14,20H,3-8,11-12H2,1H3;6-7,10-11,19H,3-5,8-9H2,1-2H3,(H,18,20);3-4,7-8,15-16H,2,5-6H2,1H3,(H,14,17);3-4,8-9,14-16H,2,5-7H2,1H3;3-6,10,14-15H,2,7-9H2,1H3;6-9,14H,3-5H2,1-2H3;4-7,12-13H,2-3H2,1H3;3-4,6-8,12H,2,5H2,1H3. The van der Waals surface area contributed by atoms with E-state index in [4.69, 9.17) is 20.8 Å². The first kappa shape index (κ1) is 102. The summed E-state index contributed by atoms with van der Waals surface area (Å²) in [5.74, 6) is 3.30. The minimum atomic E-state index is -0.214. The number of carbonyl (C=O) groups excluding carboxylic acids is 3. The van der Waals surface area contributed by atoms with E-state index in [1.54, 1.807) is 30.3 Å². The van der Waals surface area contributed by atoms with Crippen LogP contribution in [0.4, 0.5) is 0 Å². The van der Waals surface area contributed by atoms with Crippen molar-refractivity contribution < 1.29 is 43.9 Å². The van der Waals surface area contributed by atoms with E-state index in [1.807, 2.05) is 107 Å². The maximum atomic E-state index is 11.6. The van der Waals surface area contributed by atoms with Crippen LogP contribution in [0.5, 0.6) is 34.5 Å². The van der Waals surface area contributed by atoms with E-state index >= 15 is 0 Å². The van der Waals surface area contributed by atoms with Crippen molar-refractivity contribution >= 4 is 105 Å². The third-order valence-corrected chi connectivity index (χ3v) is 22.4. The number of phenolic OH excluding ortho intramolecular Hbond substituents is 3. The number of benzene rings is 8. The first-order valence-electron chi connectivity index (χ1n) is 47.5. The first-order chi connectivity index (χ1) is 64.0. The molecule has 131 heavy (non-hydrogen) atoms. The van der Waals surface area contributed by atoms with Gasteiger partial charge in [0, 0.05) is 176 Å². The van der Waals surface area contributed by atoms with Gasteiger partial charge >= 0.3 is 5.97 Å². The number of ether oxygens (including phenoxy) is 3. The second kappa shape index (κ2) is 56.4. The topological polar surface area (TPSA) is 318 Å². The number of aromatic nitrogens is 8. The van der Waals surface area contributed by atoms with Crippen LogP contribution in [-0.4, -0.2) is 132 Å². The van der Waals surface area contributed by atoms with Crippen molar-refractivity contribution in [3.05, 3.63) is 263 Å². The fraction of sp³-hybridized carbons (Fsp3) is 0.376. The van der Waals surface area contributed by atoms with Crippen LogP contribution >= 0.6 is 0 Å². The van der Waals surface area contributed by atoms with Crippen LogP contribution in [0.3, 0.4) is 0 Å². The number of aromatic amines is 8. The van der Waals surface area contributed by atoms with E-state index in [1.165, 1.54) is 103 Å². The molecule has 16 aromatic rings. The second-order valence-corrected chi connectivity index (χ2v) is 32.6. The van der Waals surface area contributed by atoms with Crippen molar-refractivity contribution in [2.24, 2.45) is 0 Å². The van der Waals surface area contributed by atoms with E-state index < -0.39 is 0 Å². The van der Waals surface area contributed by atoms with E-state index in [2.05, 4.69) is 205 Å². The number of nitrogens with one attached hydrogen (secondary N) is 12. The number of nitrogens with zero attached hydrogens (tertiary/aromatic N) is 1. The minimum absolute atomic E-state index is 0.0500. The van der Waals surface area contributed by atoms with Gasteiger partial charge in [-0.1, -0.05) is 124 Å².